The first-order valence-corrected chi connectivity index (χ1v) is 8.23. The number of aliphatic imine (C=N–C) groups is 1. The molecule has 0 saturated carbocycles. The average Bonchev–Trinajstić information content (AvgIpc) is 3.05. The Labute approximate surface area is 155 Å². The fourth-order valence-corrected chi connectivity index (χ4v) is 2.86. The number of nitrogens with one attached hydrogen (secondary N) is 1. The summed E-state index contributed by atoms with van der Waals surface area (Å²) in [6.45, 7) is 6.91. The van der Waals surface area contributed by atoms with E-state index in [-0.39, 0.29) is 30.1 Å². The van der Waals surface area contributed by atoms with Gasteiger partial charge in [-0.2, -0.15) is 0 Å². The van der Waals surface area contributed by atoms with Crippen LogP contribution in [0, 0.1) is 0 Å². The Bertz CT molecular complexity index is 381. The van der Waals surface area contributed by atoms with E-state index in [4.69, 9.17) is 9.47 Å². The summed E-state index contributed by atoms with van der Waals surface area (Å²) in [6, 6.07) is 0. The van der Waals surface area contributed by atoms with E-state index in [9.17, 15) is 4.79 Å². The minimum absolute atomic E-state index is 0. The van der Waals surface area contributed by atoms with Gasteiger partial charge in [-0.1, -0.05) is 0 Å². The summed E-state index contributed by atoms with van der Waals surface area (Å²) in [5, 5.41) is 3.40. The molecule has 2 rings (SSSR count). The fraction of sp³-hybridized carbons (Fsp3) is 0.867. The molecule has 7 nitrogen and oxygen atoms in total. The minimum Gasteiger partial charge on any atom is -0.450 e. The standard InChI is InChI=1S/C15H28N4O3.HI/c1-3-21-15(20)19-10-8-18(9-11-19)14(16-2)17-7-6-13-5-4-12-22-13;/h13H,3-12H2,1-2H3,(H,16,17);1H. The van der Waals surface area contributed by atoms with Crippen molar-refractivity contribution in [3.63, 3.8) is 0 Å². The van der Waals surface area contributed by atoms with Crippen molar-refractivity contribution < 1.29 is 14.3 Å². The zero-order chi connectivity index (χ0) is 15.8. The van der Waals surface area contributed by atoms with Gasteiger partial charge in [0, 0.05) is 46.4 Å². The SMILES string of the molecule is CCOC(=O)N1CCN(C(=NC)NCCC2CCCO2)CC1.I. The molecule has 2 aliphatic rings. The molecule has 0 aliphatic carbocycles. The topological polar surface area (TPSA) is 66.4 Å². The molecule has 0 bridgehead atoms. The van der Waals surface area contributed by atoms with Crippen LogP contribution in [0.2, 0.25) is 0 Å². The van der Waals surface area contributed by atoms with E-state index >= 15 is 0 Å². The first kappa shape index (κ1) is 20.3. The van der Waals surface area contributed by atoms with Crippen LogP contribution in [0.15, 0.2) is 4.99 Å². The van der Waals surface area contributed by atoms with E-state index in [0.717, 1.165) is 38.6 Å². The molecular weight excluding hydrogens is 411 g/mol. The van der Waals surface area contributed by atoms with Crippen molar-refractivity contribution >= 4 is 36.0 Å². The third-order valence-corrected chi connectivity index (χ3v) is 4.09. The molecule has 2 saturated heterocycles. The van der Waals surface area contributed by atoms with Gasteiger partial charge in [-0.05, 0) is 26.2 Å². The molecule has 2 heterocycles. The van der Waals surface area contributed by atoms with Gasteiger partial charge in [0.05, 0.1) is 12.7 Å². The van der Waals surface area contributed by atoms with Crippen LogP contribution in [0.4, 0.5) is 4.79 Å². The van der Waals surface area contributed by atoms with Gasteiger partial charge in [-0.3, -0.25) is 4.99 Å². The molecule has 2 aliphatic heterocycles. The summed E-state index contributed by atoms with van der Waals surface area (Å²) in [7, 11) is 1.80. The Morgan fingerprint density at radius 3 is 2.57 bits per heavy atom. The lowest BCUT2D eigenvalue weighted by molar-refractivity contribution is 0.0909. The Morgan fingerprint density at radius 1 is 1.30 bits per heavy atom. The smallest absolute Gasteiger partial charge is 0.409 e. The Kier molecular flexibility index (Phi) is 9.61. The van der Waals surface area contributed by atoms with Gasteiger partial charge in [-0.25, -0.2) is 4.79 Å². The van der Waals surface area contributed by atoms with Gasteiger partial charge in [0.2, 0.25) is 0 Å². The first-order valence-electron chi connectivity index (χ1n) is 8.23. The molecule has 1 atom stereocenters. The summed E-state index contributed by atoms with van der Waals surface area (Å²) >= 11 is 0. The largest absolute Gasteiger partial charge is 0.450 e. The van der Waals surface area contributed by atoms with Gasteiger partial charge in [-0.15, -0.1) is 24.0 Å². The molecular formula is C15H29IN4O3. The highest BCUT2D eigenvalue weighted by Crippen LogP contribution is 2.14. The quantitative estimate of drug-likeness (QED) is 0.408. The molecule has 1 amide bonds. The molecule has 134 valence electrons. The predicted octanol–water partition coefficient (Wildman–Crippen LogP) is 1.52. The van der Waals surface area contributed by atoms with Gasteiger partial charge >= 0.3 is 6.09 Å². The van der Waals surface area contributed by atoms with Crippen molar-refractivity contribution in [1.29, 1.82) is 0 Å². The highest BCUT2D eigenvalue weighted by molar-refractivity contribution is 14.0. The summed E-state index contributed by atoms with van der Waals surface area (Å²) in [5.41, 5.74) is 0. The molecule has 0 aromatic rings. The second-order valence-electron chi connectivity index (χ2n) is 5.57. The molecule has 1 N–H and O–H groups in total. The van der Waals surface area contributed by atoms with E-state index in [2.05, 4.69) is 15.2 Å². The van der Waals surface area contributed by atoms with Gasteiger partial charge in [0.15, 0.2) is 5.96 Å². The number of halogens is 1. The van der Waals surface area contributed by atoms with Crippen molar-refractivity contribution in [2.45, 2.75) is 32.3 Å². The maximum atomic E-state index is 11.7. The van der Waals surface area contributed by atoms with Crippen LogP contribution in [0.5, 0.6) is 0 Å². The average molecular weight is 440 g/mol. The molecule has 0 aromatic carbocycles. The minimum atomic E-state index is -0.219. The molecule has 1 unspecified atom stereocenters. The number of carbonyl (C=O) groups excluding carboxylic acids is 1. The molecule has 0 aromatic heterocycles. The van der Waals surface area contributed by atoms with E-state index in [0.29, 0.717) is 25.8 Å². The summed E-state index contributed by atoms with van der Waals surface area (Å²) < 4.78 is 10.7. The molecule has 0 spiro atoms. The van der Waals surface area contributed by atoms with Crippen molar-refractivity contribution in [3.05, 3.63) is 0 Å². The Hall–Kier alpha value is -0.770. The second kappa shape index (κ2) is 10.9. The maximum absolute atomic E-state index is 11.7. The van der Waals surface area contributed by atoms with Crippen LogP contribution in [0.3, 0.4) is 0 Å². The zero-order valence-electron chi connectivity index (χ0n) is 14.1. The highest BCUT2D eigenvalue weighted by Gasteiger charge is 2.23. The number of nitrogens with zero attached hydrogens (tertiary/aromatic N) is 3. The fourth-order valence-electron chi connectivity index (χ4n) is 2.86. The predicted molar refractivity (Wildman–Crippen MR) is 101 cm³/mol. The van der Waals surface area contributed by atoms with Crippen molar-refractivity contribution in [1.82, 2.24) is 15.1 Å². The third-order valence-electron chi connectivity index (χ3n) is 4.09. The summed E-state index contributed by atoms with van der Waals surface area (Å²) in [5.74, 6) is 0.904. The number of rotatable bonds is 4. The summed E-state index contributed by atoms with van der Waals surface area (Å²) in [4.78, 5) is 20.0. The van der Waals surface area contributed by atoms with Crippen molar-refractivity contribution in [2.24, 2.45) is 4.99 Å². The lowest BCUT2D eigenvalue weighted by Gasteiger charge is -2.35. The Balaban J connectivity index is 0.00000264. The second-order valence-corrected chi connectivity index (χ2v) is 5.57. The van der Waals surface area contributed by atoms with Crippen molar-refractivity contribution in [2.75, 3.05) is 53.0 Å². The van der Waals surface area contributed by atoms with Crippen LogP contribution in [-0.2, 0) is 9.47 Å². The maximum Gasteiger partial charge on any atom is 0.409 e. The molecule has 0 radical (unpaired) electrons. The number of ether oxygens (including phenoxy) is 2. The van der Waals surface area contributed by atoms with Crippen molar-refractivity contribution in [3.8, 4) is 0 Å². The number of hydrogen-bond donors (Lipinski definition) is 1. The van der Waals surface area contributed by atoms with E-state index in [1.54, 1.807) is 11.9 Å². The van der Waals surface area contributed by atoms with Crippen LogP contribution >= 0.6 is 24.0 Å². The van der Waals surface area contributed by atoms with E-state index < -0.39 is 0 Å². The third kappa shape index (κ3) is 6.33. The van der Waals surface area contributed by atoms with Gasteiger partial charge in [0.1, 0.15) is 0 Å². The van der Waals surface area contributed by atoms with Crippen LogP contribution in [0.1, 0.15) is 26.2 Å². The highest BCUT2D eigenvalue weighted by atomic mass is 127. The lowest BCUT2D eigenvalue weighted by Crippen LogP contribution is -2.54. The zero-order valence-corrected chi connectivity index (χ0v) is 16.5. The molecule has 2 fully saturated rings. The number of amides is 1. The number of carbonyl (C=O) groups is 1. The Morgan fingerprint density at radius 2 is 2.00 bits per heavy atom. The van der Waals surface area contributed by atoms with Crippen LogP contribution in [-0.4, -0.2) is 80.9 Å². The van der Waals surface area contributed by atoms with E-state index in [1.165, 1.54) is 12.8 Å². The summed E-state index contributed by atoms with van der Waals surface area (Å²) in [6.07, 6.45) is 3.53. The van der Waals surface area contributed by atoms with Gasteiger partial charge < -0.3 is 24.6 Å². The monoisotopic (exact) mass is 440 g/mol. The number of hydrogen-bond acceptors (Lipinski definition) is 4. The normalized spacial score (nSPS) is 21.8. The number of piperazine rings is 1. The van der Waals surface area contributed by atoms with Crippen LogP contribution in [0.25, 0.3) is 0 Å². The van der Waals surface area contributed by atoms with E-state index in [1.807, 2.05) is 6.92 Å². The van der Waals surface area contributed by atoms with Gasteiger partial charge in [0.25, 0.3) is 0 Å². The lowest BCUT2D eigenvalue weighted by atomic mass is 10.2. The first-order chi connectivity index (χ1) is 10.7. The molecule has 8 heteroatoms. The number of guanidine groups is 1. The van der Waals surface area contributed by atoms with Crippen LogP contribution < -0.4 is 5.32 Å². The molecule has 23 heavy (non-hydrogen) atoms.